The fourth-order valence-corrected chi connectivity index (χ4v) is 1.08. The Hall–Kier alpha value is -1.91. The van der Waals surface area contributed by atoms with Crippen LogP contribution in [0.15, 0.2) is 29.4 Å². The Bertz CT molecular complexity index is 373. The third kappa shape index (κ3) is 3.38. The summed E-state index contributed by atoms with van der Waals surface area (Å²) in [6.45, 7) is 0. The van der Waals surface area contributed by atoms with E-state index in [-0.39, 0.29) is 17.9 Å². The fourth-order valence-electron chi connectivity index (χ4n) is 1.08. The first-order valence-corrected chi connectivity index (χ1v) is 4.21. The molecule has 0 fully saturated rings. The molecule has 0 aromatic heterocycles. The Morgan fingerprint density at radius 2 is 2.07 bits per heavy atom. The zero-order valence-electron chi connectivity index (χ0n) is 8.11. The molecule has 0 spiro atoms. The van der Waals surface area contributed by atoms with Gasteiger partial charge in [0.1, 0.15) is 12.9 Å². The molecule has 80 valence electrons. The van der Waals surface area contributed by atoms with E-state index in [9.17, 15) is 9.18 Å². The molecule has 0 aliphatic heterocycles. The highest BCUT2D eigenvalue weighted by molar-refractivity contribution is 6.08. The molecule has 0 unspecified atom stereocenters. The van der Waals surface area contributed by atoms with Crippen LogP contribution in [0.3, 0.4) is 0 Å². The van der Waals surface area contributed by atoms with E-state index < -0.39 is 5.97 Å². The number of benzene rings is 1. The van der Waals surface area contributed by atoms with Gasteiger partial charge in [0.15, 0.2) is 0 Å². The van der Waals surface area contributed by atoms with Crippen LogP contribution >= 0.6 is 0 Å². The summed E-state index contributed by atoms with van der Waals surface area (Å²) in [6.07, 6.45) is -0.264. The van der Waals surface area contributed by atoms with Gasteiger partial charge in [0.05, 0.1) is 12.1 Å². The van der Waals surface area contributed by atoms with E-state index in [1.54, 1.807) is 0 Å². The van der Waals surface area contributed by atoms with Crippen LogP contribution in [0, 0.1) is 5.82 Å². The summed E-state index contributed by atoms with van der Waals surface area (Å²) < 4.78 is 12.6. The molecule has 0 radical (unpaired) electrons. The first kappa shape index (κ1) is 11.2. The monoisotopic (exact) mass is 211 g/mol. The highest BCUT2D eigenvalue weighted by atomic mass is 19.1. The number of aliphatic carboxylic acids is 1. The van der Waals surface area contributed by atoms with E-state index in [0.717, 1.165) is 0 Å². The van der Waals surface area contributed by atoms with E-state index in [4.69, 9.17) is 5.11 Å². The second-order valence-corrected chi connectivity index (χ2v) is 2.80. The van der Waals surface area contributed by atoms with Crippen LogP contribution in [-0.4, -0.2) is 23.9 Å². The molecule has 0 saturated carbocycles. The van der Waals surface area contributed by atoms with Gasteiger partial charge < -0.3 is 9.94 Å². The van der Waals surface area contributed by atoms with Crippen LogP contribution in [0.25, 0.3) is 0 Å². The summed E-state index contributed by atoms with van der Waals surface area (Å²) in [5, 5.41) is 12.2. The lowest BCUT2D eigenvalue weighted by atomic mass is 10.1. The minimum absolute atomic E-state index is 0.255. The van der Waals surface area contributed by atoms with Crippen molar-refractivity contribution in [1.29, 1.82) is 0 Å². The lowest BCUT2D eigenvalue weighted by Crippen LogP contribution is -2.09. The summed E-state index contributed by atoms with van der Waals surface area (Å²) in [5.74, 6) is -1.40. The zero-order valence-corrected chi connectivity index (χ0v) is 8.11. The van der Waals surface area contributed by atoms with Gasteiger partial charge in [-0.2, -0.15) is 0 Å². The minimum atomic E-state index is -1.02. The molecule has 15 heavy (non-hydrogen) atoms. The number of carboxylic acid groups (broad SMARTS) is 1. The van der Waals surface area contributed by atoms with Crippen molar-refractivity contribution in [2.45, 2.75) is 6.42 Å². The van der Waals surface area contributed by atoms with Crippen LogP contribution in [0.5, 0.6) is 0 Å². The lowest BCUT2D eigenvalue weighted by Gasteiger charge is -2.02. The number of carbonyl (C=O) groups is 1. The molecular weight excluding hydrogens is 201 g/mol. The van der Waals surface area contributed by atoms with Gasteiger partial charge in [-0.3, -0.25) is 4.79 Å². The third-order valence-electron chi connectivity index (χ3n) is 1.70. The van der Waals surface area contributed by atoms with Gasteiger partial charge in [-0.25, -0.2) is 4.39 Å². The summed E-state index contributed by atoms with van der Waals surface area (Å²) in [6, 6.07) is 5.39. The molecular formula is C10H10FNO3. The van der Waals surface area contributed by atoms with Crippen LogP contribution in [0.1, 0.15) is 12.0 Å². The normalized spacial score (nSPS) is 11.2. The highest BCUT2D eigenvalue weighted by Crippen LogP contribution is 2.07. The number of nitrogens with zero attached hydrogens (tertiary/aromatic N) is 1. The van der Waals surface area contributed by atoms with Gasteiger partial charge in [0.2, 0.25) is 0 Å². The van der Waals surface area contributed by atoms with Gasteiger partial charge in [0.25, 0.3) is 0 Å². The van der Waals surface area contributed by atoms with Gasteiger partial charge in [-0.15, -0.1) is 0 Å². The summed E-state index contributed by atoms with van der Waals surface area (Å²) in [7, 11) is 1.32. The average Bonchev–Trinajstić information content (AvgIpc) is 2.17. The van der Waals surface area contributed by atoms with E-state index in [1.807, 2.05) is 0 Å². The number of halogens is 1. The van der Waals surface area contributed by atoms with Gasteiger partial charge >= 0.3 is 5.97 Å². The number of hydrogen-bond donors (Lipinski definition) is 1. The van der Waals surface area contributed by atoms with E-state index in [0.29, 0.717) is 5.56 Å². The lowest BCUT2D eigenvalue weighted by molar-refractivity contribution is -0.135. The van der Waals surface area contributed by atoms with Crippen molar-refractivity contribution in [3.63, 3.8) is 0 Å². The molecule has 1 aromatic rings. The topological polar surface area (TPSA) is 58.9 Å². The number of hydrogen-bond acceptors (Lipinski definition) is 3. The highest BCUT2D eigenvalue weighted by Gasteiger charge is 2.09. The zero-order chi connectivity index (χ0) is 11.3. The minimum Gasteiger partial charge on any atom is -0.481 e. The molecule has 1 aromatic carbocycles. The molecule has 1 rings (SSSR count). The summed E-state index contributed by atoms with van der Waals surface area (Å²) >= 11 is 0. The average molecular weight is 211 g/mol. The molecule has 0 aliphatic rings. The maximum Gasteiger partial charge on any atom is 0.309 e. The standard InChI is InChI=1S/C10H10FNO3/c1-15-12-9(6-10(13)14)7-2-4-8(11)5-3-7/h2-5H,6H2,1H3,(H,13,14)/b12-9-. The van der Waals surface area contributed by atoms with Gasteiger partial charge in [0, 0.05) is 5.56 Å². The van der Waals surface area contributed by atoms with Crippen LogP contribution in [0.4, 0.5) is 4.39 Å². The van der Waals surface area contributed by atoms with Crippen molar-refractivity contribution in [2.75, 3.05) is 7.11 Å². The number of carboxylic acids is 1. The van der Waals surface area contributed by atoms with Crippen molar-refractivity contribution in [2.24, 2.45) is 5.16 Å². The molecule has 0 saturated heterocycles. The molecule has 4 nitrogen and oxygen atoms in total. The van der Waals surface area contributed by atoms with Gasteiger partial charge in [-0.1, -0.05) is 17.3 Å². The number of oxime groups is 1. The predicted octanol–water partition coefficient (Wildman–Crippen LogP) is 1.65. The van der Waals surface area contributed by atoms with Crippen LogP contribution < -0.4 is 0 Å². The van der Waals surface area contributed by atoms with Crippen molar-refractivity contribution in [3.8, 4) is 0 Å². The first-order valence-electron chi connectivity index (χ1n) is 4.21. The second-order valence-electron chi connectivity index (χ2n) is 2.80. The molecule has 0 bridgehead atoms. The Morgan fingerprint density at radius 3 is 2.53 bits per heavy atom. The van der Waals surface area contributed by atoms with E-state index in [1.165, 1.54) is 31.4 Å². The Morgan fingerprint density at radius 1 is 1.47 bits per heavy atom. The Kier molecular flexibility index (Phi) is 3.79. The molecule has 1 N–H and O–H groups in total. The number of rotatable bonds is 4. The van der Waals surface area contributed by atoms with E-state index >= 15 is 0 Å². The first-order chi connectivity index (χ1) is 7.13. The van der Waals surface area contributed by atoms with Crippen molar-refractivity contribution in [1.82, 2.24) is 0 Å². The fraction of sp³-hybridized carbons (Fsp3) is 0.200. The van der Waals surface area contributed by atoms with Crippen molar-refractivity contribution in [3.05, 3.63) is 35.6 Å². The predicted molar refractivity (Wildman–Crippen MR) is 52.2 cm³/mol. The molecule has 5 heteroatoms. The largest absolute Gasteiger partial charge is 0.481 e. The summed E-state index contributed by atoms with van der Waals surface area (Å²) in [5.41, 5.74) is 0.783. The SMILES string of the molecule is CO/N=C(/CC(=O)O)c1ccc(F)cc1. The van der Waals surface area contributed by atoms with E-state index in [2.05, 4.69) is 9.99 Å². The Balaban J connectivity index is 2.94. The molecule has 0 amide bonds. The third-order valence-corrected chi connectivity index (χ3v) is 1.70. The van der Waals surface area contributed by atoms with Crippen molar-refractivity contribution >= 4 is 11.7 Å². The maximum atomic E-state index is 12.6. The summed E-state index contributed by atoms with van der Waals surface area (Å²) in [4.78, 5) is 15.0. The quantitative estimate of drug-likeness (QED) is 0.608. The van der Waals surface area contributed by atoms with Crippen LogP contribution in [0.2, 0.25) is 0 Å². The smallest absolute Gasteiger partial charge is 0.309 e. The Labute approximate surface area is 86.0 Å². The van der Waals surface area contributed by atoms with Gasteiger partial charge in [-0.05, 0) is 12.1 Å². The molecule has 0 atom stereocenters. The second kappa shape index (κ2) is 5.09. The van der Waals surface area contributed by atoms with Crippen LogP contribution in [-0.2, 0) is 9.63 Å². The van der Waals surface area contributed by atoms with Crippen molar-refractivity contribution < 1.29 is 19.1 Å². The molecule has 0 heterocycles. The molecule has 0 aliphatic carbocycles. The maximum absolute atomic E-state index is 12.6.